The van der Waals surface area contributed by atoms with E-state index in [0.29, 0.717) is 17.8 Å². The fourth-order valence-corrected chi connectivity index (χ4v) is 4.79. The summed E-state index contributed by atoms with van der Waals surface area (Å²) in [6.45, 7) is 2.54. The molecule has 0 spiro atoms. The zero-order valence-corrected chi connectivity index (χ0v) is 18.3. The van der Waals surface area contributed by atoms with Gasteiger partial charge in [0.2, 0.25) is 0 Å². The molecule has 164 valence electrons. The lowest BCUT2D eigenvalue weighted by molar-refractivity contribution is -0.136. The molecule has 1 aromatic heterocycles. The summed E-state index contributed by atoms with van der Waals surface area (Å²) < 4.78 is 5.89. The molecular formula is C24H30N4O3. The minimum absolute atomic E-state index is 0.0102. The first-order valence-electron chi connectivity index (χ1n) is 11.1. The molecule has 0 bridgehead atoms. The first-order chi connectivity index (χ1) is 15.1. The maximum atomic E-state index is 13.4. The SMILES string of the molecule is Cc1ncncc1C(=O)N1CCC[C@@H]2[C@H]1CCCCc1ccccc1OCC(=O)N2C. The van der Waals surface area contributed by atoms with Crippen LogP contribution in [0.4, 0.5) is 0 Å². The number of likely N-dealkylation sites (N-methyl/N-ethyl adjacent to an activating group) is 1. The molecule has 0 saturated carbocycles. The van der Waals surface area contributed by atoms with Crippen molar-refractivity contribution in [3.63, 3.8) is 0 Å². The molecule has 2 aliphatic rings. The highest BCUT2D eigenvalue weighted by atomic mass is 16.5. The smallest absolute Gasteiger partial charge is 0.260 e. The van der Waals surface area contributed by atoms with Crippen LogP contribution in [0.3, 0.4) is 0 Å². The van der Waals surface area contributed by atoms with Gasteiger partial charge < -0.3 is 14.5 Å². The summed E-state index contributed by atoms with van der Waals surface area (Å²) in [6, 6.07) is 7.89. The lowest BCUT2D eigenvalue weighted by Gasteiger charge is -2.45. The number of benzene rings is 1. The molecular weight excluding hydrogens is 392 g/mol. The summed E-state index contributed by atoms with van der Waals surface area (Å²) in [7, 11) is 1.84. The minimum atomic E-state index is -0.0566. The number of likely N-dealkylation sites (tertiary alicyclic amines) is 1. The Morgan fingerprint density at radius 3 is 2.77 bits per heavy atom. The van der Waals surface area contributed by atoms with Gasteiger partial charge in [0.15, 0.2) is 6.61 Å². The lowest BCUT2D eigenvalue weighted by atomic mass is 9.89. The van der Waals surface area contributed by atoms with Crippen molar-refractivity contribution in [2.75, 3.05) is 20.2 Å². The number of amides is 2. The standard InChI is InChI=1S/C24H30N4O3/c1-17-19(14-25-16-26-17)24(30)28-13-7-11-20-21(28)10-5-3-8-18-9-4-6-12-22(18)31-15-23(29)27(20)2/h4,6,9,12,14,16,20-21H,3,5,7-8,10-11,13,15H2,1-2H3/t20-,21-/m1/s1. The minimum Gasteiger partial charge on any atom is -0.483 e. The van der Waals surface area contributed by atoms with Crippen LogP contribution in [0.2, 0.25) is 0 Å². The van der Waals surface area contributed by atoms with E-state index in [9.17, 15) is 9.59 Å². The van der Waals surface area contributed by atoms with Crippen molar-refractivity contribution in [1.29, 1.82) is 0 Å². The Morgan fingerprint density at radius 2 is 1.94 bits per heavy atom. The summed E-state index contributed by atoms with van der Waals surface area (Å²) in [4.78, 5) is 38.4. The Balaban J connectivity index is 1.60. The molecule has 2 atom stereocenters. The van der Waals surface area contributed by atoms with Crippen LogP contribution in [-0.2, 0) is 11.2 Å². The third-order valence-corrected chi connectivity index (χ3v) is 6.56. The second-order valence-corrected chi connectivity index (χ2v) is 8.44. The molecule has 1 fully saturated rings. The van der Waals surface area contributed by atoms with E-state index in [1.54, 1.807) is 11.1 Å². The zero-order valence-electron chi connectivity index (χ0n) is 18.3. The lowest BCUT2D eigenvalue weighted by Crippen LogP contribution is -2.58. The first-order valence-corrected chi connectivity index (χ1v) is 11.1. The van der Waals surface area contributed by atoms with Crippen molar-refractivity contribution >= 4 is 11.8 Å². The topological polar surface area (TPSA) is 75.6 Å². The fourth-order valence-electron chi connectivity index (χ4n) is 4.79. The van der Waals surface area contributed by atoms with E-state index in [1.807, 2.05) is 37.1 Å². The Kier molecular flexibility index (Phi) is 6.49. The number of carbonyl (C=O) groups excluding carboxylic acids is 2. The molecule has 3 heterocycles. The molecule has 1 aromatic carbocycles. The molecule has 7 heteroatoms. The molecule has 0 radical (unpaired) electrons. The van der Waals surface area contributed by atoms with Crippen molar-refractivity contribution in [3.05, 3.63) is 53.6 Å². The van der Waals surface area contributed by atoms with E-state index < -0.39 is 0 Å². The maximum absolute atomic E-state index is 13.4. The Bertz CT molecular complexity index is 948. The van der Waals surface area contributed by atoms with Gasteiger partial charge >= 0.3 is 0 Å². The molecule has 7 nitrogen and oxygen atoms in total. The van der Waals surface area contributed by atoms with Crippen molar-refractivity contribution < 1.29 is 14.3 Å². The van der Waals surface area contributed by atoms with Gasteiger partial charge in [0.05, 0.1) is 23.3 Å². The van der Waals surface area contributed by atoms with Crippen molar-refractivity contribution in [3.8, 4) is 5.75 Å². The average Bonchev–Trinajstić information content (AvgIpc) is 2.79. The van der Waals surface area contributed by atoms with Crippen LogP contribution in [0.15, 0.2) is 36.8 Å². The normalized spacial score (nSPS) is 22.5. The van der Waals surface area contributed by atoms with Gasteiger partial charge in [0.25, 0.3) is 11.8 Å². The molecule has 4 rings (SSSR count). The van der Waals surface area contributed by atoms with Gasteiger partial charge in [-0.2, -0.15) is 0 Å². The molecule has 0 unspecified atom stereocenters. The van der Waals surface area contributed by atoms with Gasteiger partial charge in [0.1, 0.15) is 12.1 Å². The number of fused-ring (bicyclic) bond motifs is 2. The number of aromatic nitrogens is 2. The molecule has 2 aromatic rings. The number of para-hydroxylation sites is 1. The van der Waals surface area contributed by atoms with Crippen LogP contribution in [-0.4, -0.2) is 63.9 Å². The number of nitrogens with zero attached hydrogens (tertiary/aromatic N) is 4. The number of piperidine rings is 1. The quantitative estimate of drug-likeness (QED) is 0.706. The predicted octanol–water partition coefficient (Wildman–Crippen LogP) is 3.02. The van der Waals surface area contributed by atoms with Crippen molar-refractivity contribution in [2.45, 2.75) is 57.5 Å². The monoisotopic (exact) mass is 422 g/mol. The van der Waals surface area contributed by atoms with Crippen molar-refractivity contribution in [2.24, 2.45) is 0 Å². The zero-order chi connectivity index (χ0) is 21.8. The summed E-state index contributed by atoms with van der Waals surface area (Å²) in [5, 5.41) is 0. The molecule has 2 aliphatic heterocycles. The highest BCUT2D eigenvalue weighted by Gasteiger charge is 2.38. The number of hydrogen-bond acceptors (Lipinski definition) is 5. The molecule has 0 N–H and O–H groups in total. The Hall–Kier alpha value is -2.96. The second kappa shape index (κ2) is 9.45. The molecule has 0 aliphatic carbocycles. The number of rotatable bonds is 1. The third-order valence-electron chi connectivity index (χ3n) is 6.56. The maximum Gasteiger partial charge on any atom is 0.260 e. The van der Waals surface area contributed by atoms with E-state index in [0.717, 1.165) is 49.8 Å². The van der Waals surface area contributed by atoms with Gasteiger partial charge in [0, 0.05) is 19.8 Å². The average molecular weight is 423 g/mol. The van der Waals surface area contributed by atoms with E-state index in [4.69, 9.17) is 4.74 Å². The Morgan fingerprint density at radius 1 is 1.13 bits per heavy atom. The number of carbonyl (C=O) groups is 2. The summed E-state index contributed by atoms with van der Waals surface area (Å²) >= 11 is 0. The van der Waals surface area contributed by atoms with E-state index in [-0.39, 0.29) is 30.5 Å². The third kappa shape index (κ3) is 4.55. The number of aryl methyl sites for hydroxylation is 2. The second-order valence-electron chi connectivity index (χ2n) is 8.44. The van der Waals surface area contributed by atoms with Crippen LogP contribution in [0.25, 0.3) is 0 Å². The van der Waals surface area contributed by atoms with Gasteiger partial charge in [-0.05, 0) is 50.7 Å². The van der Waals surface area contributed by atoms with E-state index >= 15 is 0 Å². The van der Waals surface area contributed by atoms with Gasteiger partial charge in [-0.15, -0.1) is 0 Å². The highest BCUT2D eigenvalue weighted by molar-refractivity contribution is 5.95. The summed E-state index contributed by atoms with van der Waals surface area (Å²) in [5.41, 5.74) is 2.36. The predicted molar refractivity (Wildman–Crippen MR) is 117 cm³/mol. The summed E-state index contributed by atoms with van der Waals surface area (Å²) in [6.07, 6.45) is 8.57. The highest BCUT2D eigenvalue weighted by Crippen LogP contribution is 2.29. The molecule has 31 heavy (non-hydrogen) atoms. The van der Waals surface area contributed by atoms with Crippen LogP contribution in [0.1, 0.15) is 53.7 Å². The van der Waals surface area contributed by atoms with Crippen LogP contribution < -0.4 is 4.74 Å². The van der Waals surface area contributed by atoms with Gasteiger partial charge in [-0.25, -0.2) is 9.97 Å². The number of ether oxygens (including phenoxy) is 1. The Labute approximate surface area is 183 Å². The van der Waals surface area contributed by atoms with Crippen LogP contribution in [0.5, 0.6) is 5.75 Å². The van der Waals surface area contributed by atoms with E-state index in [1.165, 1.54) is 6.33 Å². The van der Waals surface area contributed by atoms with Crippen LogP contribution in [0, 0.1) is 6.92 Å². The molecule has 2 amide bonds. The van der Waals surface area contributed by atoms with E-state index in [2.05, 4.69) is 16.0 Å². The van der Waals surface area contributed by atoms with Gasteiger partial charge in [-0.3, -0.25) is 9.59 Å². The largest absolute Gasteiger partial charge is 0.483 e. The van der Waals surface area contributed by atoms with Crippen molar-refractivity contribution in [1.82, 2.24) is 19.8 Å². The fraction of sp³-hybridized carbons (Fsp3) is 0.500. The first kappa shape index (κ1) is 21.3. The number of hydrogen-bond donors (Lipinski definition) is 0. The van der Waals surface area contributed by atoms with Crippen LogP contribution >= 0.6 is 0 Å². The molecule has 1 saturated heterocycles. The van der Waals surface area contributed by atoms with Gasteiger partial charge in [-0.1, -0.05) is 24.6 Å². The summed E-state index contributed by atoms with van der Waals surface area (Å²) in [5.74, 6) is 0.697.